The third-order valence-electron chi connectivity index (χ3n) is 6.12. The van der Waals surface area contributed by atoms with Crippen LogP contribution in [0.5, 0.6) is 11.5 Å². The molecule has 0 bridgehead atoms. The number of fused-ring (bicyclic) bond motifs is 1. The summed E-state index contributed by atoms with van der Waals surface area (Å²) < 4.78 is 16.5. The third-order valence-corrected chi connectivity index (χ3v) is 7.22. The summed E-state index contributed by atoms with van der Waals surface area (Å²) in [5, 5.41) is 5.45. The first kappa shape index (κ1) is 26.8. The van der Waals surface area contributed by atoms with Gasteiger partial charge in [-0.2, -0.15) is 0 Å². The second kappa shape index (κ2) is 12.0. The van der Waals surface area contributed by atoms with E-state index in [4.69, 9.17) is 13.9 Å². The first-order chi connectivity index (χ1) is 19.4. The number of amides is 2. The van der Waals surface area contributed by atoms with E-state index in [0.717, 1.165) is 21.6 Å². The molecule has 8 nitrogen and oxygen atoms in total. The maximum absolute atomic E-state index is 13.0. The zero-order chi connectivity index (χ0) is 28.1. The van der Waals surface area contributed by atoms with Gasteiger partial charge in [-0.3, -0.25) is 9.59 Å². The Bertz CT molecular complexity index is 1610. The van der Waals surface area contributed by atoms with Crippen molar-refractivity contribution in [1.29, 1.82) is 0 Å². The van der Waals surface area contributed by atoms with Crippen molar-refractivity contribution in [2.75, 3.05) is 24.9 Å². The summed E-state index contributed by atoms with van der Waals surface area (Å²) in [6.45, 7) is 1.83. The number of carbonyl (C=O) groups is 2. The predicted molar refractivity (Wildman–Crippen MR) is 157 cm³/mol. The number of para-hydroxylation sites is 2. The number of anilines is 2. The molecule has 40 heavy (non-hydrogen) atoms. The van der Waals surface area contributed by atoms with Gasteiger partial charge in [0.15, 0.2) is 5.58 Å². The fraction of sp³-hybridized carbons (Fsp3) is 0.129. The SMILES string of the molecule is COc1cccc(OC)c1C(=O)Nc1cccc(SC(C)C(=O)Nc2ccc(-c3nc4ccccc4o3)cc2)c1. The van der Waals surface area contributed by atoms with E-state index in [1.807, 2.05) is 73.7 Å². The Labute approximate surface area is 235 Å². The summed E-state index contributed by atoms with van der Waals surface area (Å²) in [5.74, 6) is 0.847. The Kier molecular flexibility index (Phi) is 8.02. The van der Waals surface area contributed by atoms with Crippen molar-refractivity contribution in [3.8, 4) is 23.0 Å². The van der Waals surface area contributed by atoms with Crippen molar-refractivity contribution >= 4 is 46.1 Å². The smallest absolute Gasteiger partial charge is 0.263 e. The zero-order valence-electron chi connectivity index (χ0n) is 22.1. The summed E-state index contributed by atoms with van der Waals surface area (Å²) in [6, 6.07) is 27.4. The van der Waals surface area contributed by atoms with Crippen molar-refractivity contribution in [3.63, 3.8) is 0 Å². The third kappa shape index (κ3) is 5.94. The van der Waals surface area contributed by atoms with Gasteiger partial charge in [0.05, 0.1) is 19.5 Å². The average molecular weight is 554 g/mol. The molecule has 1 heterocycles. The molecule has 0 spiro atoms. The Morgan fingerprint density at radius 2 is 1.52 bits per heavy atom. The van der Waals surface area contributed by atoms with Crippen LogP contribution in [0.4, 0.5) is 11.4 Å². The van der Waals surface area contributed by atoms with Gasteiger partial charge >= 0.3 is 0 Å². The molecule has 0 saturated carbocycles. The van der Waals surface area contributed by atoms with Gasteiger partial charge in [-0.25, -0.2) is 4.98 Å². The second-order valence-electron chi connectivity index (χ2n) is 8.83. The average Bonchev–Trinajstić information content (AvgIpc) is 3.41. The molecule has 0 aliphatic rings. The lowest BCUT2D eigenvalue weighted by Gasteiger charge is -2.15. The van der Waals surface area contributed by atoms with Crippen LogP contribution in [0.1, 0.15) is 17.3 Å². The minimum absolute atomic E-state index is 0.146. The number of aromatic nitrogens is 1. The lowest BCUT2D eigenvalue weighted by molar-refractivity contribution is -0.115. The largest absolute Gasteiger partial charge is 0.496 e. The summed E-state index contributed by atoms with van der Waals surface area (Å²) in [7, 11) is 3.00. The number of hydrogen-bond donors (Lipinski definition) is 2. The number of oxazole rings is 1. The van der Waals surface area contributed by atoms with E-state index in [9.17, 15) is 9.59 Å². The number of nitrogens with one attached hydrogen (secondary N) is 2. The molecule has 9 heteroatoms. The van der Waals surface area contributed by atoms with Crippen LogP contribution in [0.2, 0.25) is 0 Å². The minimum Gasteiger partial charge on any atom is -0.496 e. The lowest BCUT2D eigenvalue weighted by Crippen LogP contribution is -2.22. The van der Waals surface area contributed by atoms with Crippen LogP contribution in [-0.4, -0.2) is 36.3 Å². The first-order valence-electron chi connectivity index (χ1n) is 12.5. The summed E-state index contributed by atoms with van der Waals surface area (Å²) in [6.07, 6.45) is 0. The van der Waals surface area contributed by atoms with Crippen LogP contribution in [0.3, 0.4) is 0 Å². The predicted octanol–water partition coefficient (Wildman–Crippen LogP) is 6.88. The van der Waals surface area contributed by atoms with Crippen molar-refractivity contribution in [2.24, 2.45) is 0 Å². The Hall–Kier alpha value is -4.76. The molecule has 0 radical (unpaired) electrons. The quantitative estimate of drug-likeness (QED) is 0.192. The molecule has 1 unspecified atom stereocenters. The molecule has 5 rings (SSSR count). The standard InChI is InChI=1S/C31H27N3O5S/c1-19(29(35)32-21-16-14-20(15-17-21)31-34-24-10-4-5-11-25(24)39-31)40-23-9-6-8-22(18-23)33-30(36)28-26(37-2)12-7-13-27(28)38-3/h4-19H,1-3H3,(H,32,35)(H,33,36). The van der Waals surface area contributed by atoms with Crippen LogP contribution < -0.4 is 20.1 Å². The fourth-order valence-corrected chi connectivity index (χ4v) is 5.04. The second-order valence-corrected chi connectivity index (χ2v) is 10.2. The molecule has 2 N–H and O–H groups in total. The van der Waals surface area contributed by atoms with Gasteiger partial charge in [-0.15, -0.1) is 11.8 Å². The van der Waals surface area contributed by atoms with E-state index in [1.165, 1.54) is 26.0 Å². The maximum atomic E-state index is 13.0. The molecular weight excluding hydrogens is 526 g/mol. The Balaban J connectivity index is 1.21. The van der Waals surface area contributed by atoms with Gasteiger partial charge in [-0.05, 0) is 73.7 Å². The number of ether oxygens (including phenoxy) is 2. The zero-order valence-corrected chi connectivity index (χ0v) is 23.0. The van der Waals surface area contributed by atoms with E-state index >= 15 is 0 Å². The lowest BCUT2D eigenvalue weighted by atomic mass is 10.1. The van der Waals surface area contributed by atoms with Crippen LogP contribution in [0.15, 0.2) is 100 Å². The number of methoxy groups -OCH3 is 2. The highest BCUT2D eigenvalue weighted by molar-refractivity contribution is 8.00. The van der Waals surface area contributed by atoms with E-state index in [1.54, 1.807) is 24.3 Å². The van der Waals surface area contributed by atoms with Crippen molar-refractivity contribution in [1.82, 2.24) is 4.98 Å². The summed E-state index contributed by atoms with van der Waals surface area (Å²) in [5.41, 5.74) is 3.91. The van der Waals surface area contributed by atoms with E-state index in [0.29, 0.717) is 34.3 Å². The molecule has 0 aliphatic heterocycles. The number of rotatable bonds is 9. The highest BCUT2D eigenvalue weighted by Gasteiger charge is 2.19. The van der Waals surface area contributed by atoms with Gasteiger partial charge in [0.25, 0.3) is 5.91 Å². The molecule has 1 aromatic heterocycles. The molecule has 0 aliphatic carbocycles. The molecule has 202 valence electrons. The topological polar surface area (TPSA) is 103 Å². The molecule has 5 aromatic rings. The number of carbonyl (C=O) groups excluding carboxylic acids is 2. The van der Waals surface area contributed by atoms with Gasteiger partial charge in [0.1, 0.15) is 22.6 Å². The minimum atomic E-state index is -0.392. The van der Waals surface area contributed by atoms with Crippen molar-refractivity contribution in [3.05, 3.63) is 96.6 Å². The van der Waals surface area contributed by atoms with Gasteiger partial charge in [-0.1, -0.05) is 24.3 Å². The molecule has 0 fully saturated rings. The first-order valence-corrected chi connectivity index (χ1v) is 13.4. The van der Waals surface area contributed by atoms with Crippen LogP contribution in [-0.2, 0) is 4.79 Å². The Morgan fingerprint density at radius 1 is 0.825 bits per heavy atom. The van der Waals surface area contributed by atoms with Crippen LogP contribution >= 0.6 is 11.8 Å². The van der Waals surface area contributed by atoms with Gasteiger partial charge in [0.2, 0.25) is 11.8 Å². The molecule has 2 amide bonds. The van der Waals surface area contributed by atoms with Crippen LogP contribution in [0.25, 0.3) is 22.6 Å². The maximum Gasteiger partial charge on any atom is 0.263 e. The number of thioether (sulfide) groups is 1. The molecule has 0 saturated heterocycles. The number of benzene rings is 4. The summed E-state index contributed by atoms with van der Waals surface area (Å²) in [4.78, 5) is 31.3. The normalized spacial score (nSPS) is 11.6. The highest BCUT2D eigenvalue weighted by Crippen LogP contribution is 2.31. The van der Waals surface area contributed by atoms with Crippen molar-refractivity contribution < 1.29 is 23.5 Å². The van der Waals surface area contributed by atoms with E-state index < -0.39 is 5.25 Å². The monoisotopic (exact) mass is 553 g/mol. The fourth-order valence-electron chi connectivity index (χ4n) is 4.11. The Morgan fingerprint density at radius 3 is 2.23 bits per heavy atom. The van der Waals surface area contributed by atoms with Gasteiger partial charge < -0.3 is 24.5 Å². The highest BCUT2D eigenvalue weighted by atomic mass is 32.2. The molecular formula is C31H27N3O5S. The van der Waals surface area contributed by atoms with Gasteiger partial charge in [0, 0.05) is 21.8 Å². The van der Waals surface area contributed by atoms with Crippen LogP contribution in [0, 0.1) is 0 Å². The summed E-state index contributed by atoms with van der Waals surface area (Å²) >= 11 is 1.39. The van der Waals surface area contributed by atoms with E-state index in [2.05, 4.69) is 15.6 Å². The number of hydrogen-bond acceptors (Lipinski definition) is 7. The van der Waals surface area contributed by atoms with Crippen molar-refractivity contribution in [2.45, 2.75) is 17.1 Å². The molecule has 4 aromatic carbocycles. The number of nitrogens with zero attached hydrogens (tertiary/aromatic N) is 1. The van der Waals surface area contributed by atoms with E-state index in [-0.39, 0.29) is 11.8 Å². The molecule has 1 atom stereocenters.